The number of hydrogen-bond donors (Lipinski definition) is 1. The molecule has 3 atom stereocenters. The number of benzene rings is 2. The summed E-state index contributed by atoms with van der Waals surface area (Å²) in [4.78, 5) is 20.2. The van der Waals surface area contributed by atoms with Crippen LogP contribution in [0.1, 0.15) is 49.0 Å². The highest BCUT2D eigenvalue weighted by atomic mass is 16.5. The van der Waals surface area contributed by atoms with Crippen LogP contribution in [-0.4, -0.2) is 86.7 Å². The molecule has 4 heterocycles. The average Bonchev–Trinajstić information content (AvgIpc) is 3.65. The van der Waals surface area contributed by atoms with Gasteiger partial charge in [-0.25, -0.2) is 0 Å². The van der Waals surface area contributed by atoms with E-state index in [2.05, 4.69) is 21.9 Å². The van der Waals surface area contributed by atoms with Crippen molar-refractivity contribution in [1.29, 1.82) is 0 Å². The van der Waals surface area contributed by atoms with Gasteiger partial charge in [0.25, 0.3) is 5.91 Å². The number of hydrogen-bond acceptors (Lipinski definition) is 7. The highest BCUT2D eigenvalue weighted by Crippen LogP contribution is 2.41. The second-order valence-corrected chi connectivity index (χ2v) is 12.1. The standard InChI is InChI=1S/C31H41N3O5/c1-31(2,36)20-32-17-22-11-13-34(28(22)18-32)27-9-6-23(16-29(27)37-3)33-12-10-21-15-24(7-8-26(21)30(33)35)39-19-25-5-4-14-38-25/h6-9,15-16,22,25,28,36H,4-5,10-14,17-20H2,1-3H3/t22?,25-,28?/m1/s1. The molecule has 0 radical (unpaired) electrons. The zero-order chi connectivity index (χ0) is 27.1. The van der Waals surface area contributed by atoms with Crippen LogP contribution >= 0.6 is 0 Å². The largest absolute Gasteiger partial charge is 0.495 e. The van der Waals surface area contributed by atoms with Crippen molar-refractivity contribution in [2.24, 2.45) is 5.92 Å². The zero-order valence-corrected chi connectivity index (χ0v) is 23.4. The lowest BCUT2D eigenvalue weighted by molar-refractivity contribution is 0.0422. The molecule has 2 aromatic carbocycles. The molecule has 0 bridgehead atoms. The molecule has 210 valence electrons. The molecular formula is C31H41N3O5. The van der Waals surface area contributed by atoms with E-state index < -0.39 is 5.60 Å². The Balaban J connectivity index is 1.15. The number of carbonyl (C=O) groups excluding carboxylic acids is 1. The Hall–Kier alpha value is -2.81. The Morgan fingerprint density at radius 2 is 1.97 bits per heavy atom. The van der Waals surface area contributed by atoms with Crippen LogP contribution in [0.15, 0.2) is 36.4 Å². The highest BCUT2D eigenvalue weighted by Gasteiger charge is 2.43. The smallest absolute Gasteiger partial charge is 0.258 e. The van der Waals surface area contributed by atoms with E-state index in [0.29, 0.717) is 31.7 Å². The third kappa shape index (κ3) is 5.47. The Bertz CT molecular complexity index is 1210. The number of amides is 1. The molecule has 8 nitrogen and oxygen atoms in total. The van der Waals surface area contributed by atoms with Crippen molar-refractivity contribution in [3.05, 3.63) is 47.5 Å². The molecule has 2 aromatic rings. The van der Waals surface area contributed by atoms with Gasteiger partial charge in [-0.15, -0.1) is 0 Å². The lowest BCUT2D eigenvalue weighted by atomic mass is 9.98. The van der Waals surface area contributed by atoms with E-state index in [0.717, 1.165) is 85.9 Å². The zero-order valence-electron chi connectivity index (χ0n) is 23.4. The molecule has 0 aromatic heterocycles. The van der Waals surface area contributed by atoms with Gasteiger partial charge in [0.05, 0.1) is 24.5 Å². The summed E-state index contributed by atoms with van der Waals surface area (Å²) >= 11 is 0. The first kappa shape index (κ1) is 26.4. The van der Waals surface area contributed by atoms with E-state index in [1.54, 1.807) is 7.11 Å². The van der Waals surface area contributed by atoms with E-state index in [1.807, 2.05) is 43.0 Å². The lowest BCUT2D eigenvalue weighted by Crippen LogP contribution is -2.40. The number of aliphatic hydroxyl groups is 1. The number of ether oxygens (including phenoxy) is 3. The van der Waals surface area contributed by atoms with Crippen LogP contribution in [0.3, 0.4) is 0 Å². The average molecular weight is 536 g/mol. The predicted octanol–water partition coefficient (Wildman–Crippen LogP) is 3.74. The fraction of sp³-hybridized carbons (Fsp3) is 0.581. The summed E-state index contributed by atoms with van der Waals surface area (Å²) in [6.07, 6.45) is 4.21. The summed E-state index contributed by atoms with van der Waals surface area (Å²) in [5.41, 5.74) is 3.01. The van der Waals surface area contributed by atoms with Gasteiger partial charge in [-0.2, -0.15) is 0 Å². The third-order valence-corrected chi connectivity index (χ3v) is 8.64. The van der Waals surface area contributed by atoms with Gasteiger partial charge >= 0.3 is 0 Å². The molecule has 6 rings (SSSR count). The minimum Gasteiger partial charge on any atom is -0.495 e. The van der Waals surface area contributed by atoms with E-state index in [1.165, 1.54) is 0 Å². The second-order valence-electron chi connectivity index (χ2n) is 12.1. The third-order valence-electron chi connectivity index (χ3n) is 8.64. The molecule has 0 spiro atoms. The number of rotatable bonds is 8. The number of methoxy groups -OCH3 is 1. The maximum atomic E-state index is 13.5. The van der Waals surface area contributed by atoms with Crippen LogP contribution in [0, 0.1) is 5.92 Å². The van der Waals surface area contributed by atoms with Crippen LogP contribution in [0.25, 0.3) is 0 Å². The van der Waals surface area contributed by atoms with Gasteiger partial charge < -0.3 is 29.1 Å². The minimum absolute atomic E-state index is 0.0102. The van der Waals surface area contributed by atoms with E-state index in [-0.39, 0.29) is 12.0 Å². The van der Waals surface area contributed by atoms with Crippen LogP contribution in [0.5, 0.6) is 11.5 Å². The number of nitrogens with zero attached hydrogens (tertiary/aromatic N) is 3. The van der Waals surface area contributed by atoms with Crippen molar-refractivity contribution in [3.8, 4) is 11.5 Å². The second kappa shape index (κ2) is 10.6. The molecule has 1 amide bonds. The quantitative estimate of drug-likeness (QED) is 0.552. The van der Waals surface area contributed by atoms with Crippen LogP contribution in [-0.2, 0) is 11.2 Å². The molecule has 1 N–H and O–H groups in total. The monoisotopic (exact) mass is 535 g/mol. The maximum absolute atomic E-state index is 13.5. The number of β-amino-alcohol motifs (C(OH)–C–C–N with tert-alkyl or cyclic N) is 1. The number of fused-ring (bicyclic) bond motifs is 2. The Labute approximate surface area is 231 Å². The number of anilines is 2. The molecule has 2 unspecified atom stereocenters. The number of carbonyl (C=O) groups is 1. The molecule has 39 heavy (non-hydrogen) atoms. The Morgan fingerprint density at radius 3 is 2.74 bits per heavy atom. The predicted molar refractivity (Wildman–Crippen MR) is 151 cm³/mol. The van der Waals surface area contributed by atoms with Crippen molar-refractivity contribution in [1.82, 2.24) is 4.90 Å². The fourth-order valence-electron chi connectivity index (χ4n) is 6.86. The summed E-state index contributed by atoms with van der Waals surface area (Å²) in [5.74, 6) is 2.20. The summed E-state index contributed by atoms with van der Waals surface area (Å²) in [5, 5.41) is 10.3. The van der Waals surface area contributed by atoms with Crippen molar-refractivity contribution < 1.29 is 24.1 Å². The topological polar surface area (TPSA) is 74.7 Å². The van der Waals surface area contributed by atoms with E-state index in [9.17, 15) is 9.90 Å². The first-order chi connectivity index (χ1) is 18.8. The highest BCUT2D eigenvalue weighted by molar-refractivity contribution is 6.08. The van der Waals surface area contributed by atoms with Gasteiger partial charge in [-0.05, 0) is 81.3 Å². The molecule has 4 aliphatic heterocycles. The maximum Gasteiger partial charge on any atom is 0.258 e. The molecule has 0 saturated carbocycles. The van der Waals surface area contributed by atoms with Gasteiger partial charge in [0.1, 0.15) is 18.1 Å². The summed E-state index contributed by atoms with van der Waals surface area (Å²) in [6.45, 7) is 9.38. The van der Waals surface area contributed by atoms with Gasteiger partial charge in [0, 0.05) is 62.7 Å². The fourth-order valence-corrected chi connectivity index (χ4v) is 6.86. The van der Waals surface area contributed by atoms with Crippen molar-refractivity contribution >= 4 is 17.3 Å². The molecule has 3 saturated heterocycles. The normalized spacial score (nSPS) is 25.2. The van der Waals surface area contributed by atoms with Gasteiger partial charge in [-0.1, -0.05) is 0 Å². The molecule has 4 aliphatic rings. The number of likely N-dealkylation sites (tertiary alicyclic amines) is 1. The molecule has 3 fully saturated rings. The van der Waals surface area contributed by atoms with Crippen LogP contribution in [0.4, 0.5) is 11.4 Å². The van der Waals surface area contributed by atoms with E-state index in [4.69, 9.17) is 14.2 Å². The summed E-state index contributed by atoms with van der Waals surface area (Å²) < 4.78 is 17.5. The SMILES string of the molecule is COc1cc(N2CCc3cc(OC[C@H]4CCCO4)ccc3C2=O)ccc1N1CCC2CN(CC(C)(C)O)CC21. The van der Waals surface area contributed by atoms with Gasteiger partial charge in [-0.3, -0.25) is 9.69 Å². The minimum atomic E-state index is -0.693. The Morgan fingerprint density at radius 1 is 1.10 bits per heavy atom. The van der Waals surface area contributed by atoms with Crippen molar-refractivity contribution in [2.45, 2.75) is 57.3 Å². The van der Waals surface area contributed by atoms with Gasteiger partial charge in [0.15, 0.2) is 0 Å². The van der Waals surface area contributed by atoms with Gasteiger partial charge in [0.2, 0.25) is 0 Å². The first-order valence-electron chi connectivity index (χ1n) is 14.4. The molecule has 0 aliphatic carbocycles. The van der Waals surface area contributed by atoms with Crippen LogP contribution in [0.2, 0.25) is 0 Å². The summed E-state index contributed by atoms with van der Waals surface area (Å²) in [6, 6.07) is 12.4. The van der Waals surface area contributed by atoms with E-state index >= 15 is 0 Å². The van der Waals surface area contributed by atoms with Crippen molar-refractivity contribution in [2.75, 3.05) is 62.8 Å². The Kier molecular flexibility index (Phi) is 7.20. The summed E-state index contributed by atoms with van der Waals surface area (Å²) in [7, 11) is 1.71. The first-order valence-corrected chi connectivity index (χ1v) is 14.4. The molecular weight excluding hydrogens is 494 g/mol. The molecule has 8 heteroatoms. The lowest BCUT2D eigenvalue weighted by Gasteiger charge is -2.32. The van der Waals surface area contributed by atoms with Crippen LogP contribution < -0.4 is 19.3 Å². The van der Waals surface area contributed by atoms with Crippen molar-refractivity contribution in [3.63, 3.8) is 0 Å².